The maximum Gasteiger partial charge on any atom is 0.264 e. The molecule has 3 aromatic carbocycles. The molecule has 0 bridgehead atoms. The number of halogens is 1. The quantitative estimate of drug-likeness (QED) is 0.343. The van der Waals surface area contributed by atoms with Gasteiger partial charge in [-0.25, -0.2) is 8.42 Å². The maximum atomic E-state index is 13.6. The molecule has 3 aromatic rings. The Bertz CT molecular complexity index is 1250. The van der Waals surface area contributed by atoms with Crippen LogP contribution in [0.1, 0.15) is 16.7 Å². The molecule has 0 spiro atoms. The van der Waals surface area contributed by atoms with Gasteiger partial charge < -0.3 is 10.1 Å². The topological polar surface area (TPSA) is 75.7 Å². The Balaban J connectivity index is 1.72. The van der Waals surface area contributed by atoms with E-state index in [9.17, 15) is 13.2 Å². The van der Waals surface area contributed by atoms with E-state index in [1.54, 1.807) is 36.0 Å². The first-order valence-corrected chi connectivity index (χ1v) is 14.0. The van der Waals surface area contributed by atoms with Gasteiger partial charge in [0.25, 0.3) is 10.0 Å². The van der Waals surface area contributed by atoms with Crippen LogP contribution in [0.4, 0.5) is 5.69 Å². The van der Waals surface area contributed by atoms with Crippen molar-refractivity contribution >= 4 is 45.0 Å². The fourth-order valence-corrected chi connectivity index (χ4v) is 5.73. The molecule has 0 saturated carbocycles. The van der Waals surface area contributed by atoms with E-state index in [4.69, 9.17) is 16.3 Å². The van der Waals surface area contributed by atoms with Crippen molar-refractivity contribution in [1.82, 2.24) is 5.32 Å². The first kappa shape index (κ1) is 26.9. The van der Waals surface area contributed by atoms with Crippen LogP contribution in [0.25, 0.3) is 0 Å². The van der Waals surface area contributed by atoms with Crippen LogP contribution in [0, 0.1) is 13.8 Å². The Labute approximate surface area is 216 Å². The molecule has 0 unspecified atom stereocenters. The lowest BCUT2D eigenvalue weighted by Gasteiger charge is -2.26. The summed E-state index contributed by atoms with van der Waals surface area (Å²) in [6.45, 7) is 3.93. The highest BCUT2D eigenvalue weighted by Crippen LogP contribution is 2.34. The third kappa shape index (κ3) is 7.40. The number of sulfonamides is 1. The van der Waals surface area contributed by atoms with Crippen LogP contribution in [0.5, 0.6) is 5.75 Å². The van der Waals surface area contributed by atoms with Gasteiger partial charge in [-0.2, -0.15) is 11.8 Å². The van der Waals surface area contributed by atoms with Crippen LogP contribution >= 0.6 is 23.4 Å². The van der Waals surface area contributed by atoms with Crippen LogP contribution in [-0.4, -0.2) is 40.3 Å². The fourth-order valence-electron chi connectivity index (χ4n) is 3.32. The molecule has 0 aromatic heterocycles. The lowest BCUT2D eigenvalue weighted by Crippen LogP contribution is -2.41. The third-order valence-electron chi connectivity index (χ3n) is 5.26. The van der Waals surface area contributed by atoms with Crippen LogP contribution in [0.3, 0.4) is 0 Å². The largest absolute Gasteiger partial charge is 0.495 e. The van der Waals surface area contributed by atoms with Crippen LogP contribution in [-0.2, 0) is 20.6 Å². The number of rotatable bonds is 11. The molecule has 0 aliphatic carbocycles. The van der Waals surface area contributed by atoms with Gasteiger partial charge in [0, 0.05) is 23.1 Å². The van der Waals surface area contributed by atoms with Crippen molar-refractivity contribution in [3.63, 3.8) is 0 Å². The molecule has 9 heteroatoms. The van der Waals surface area contributed by atoms with Crippen molar-refractivity contribution in [2.24, 2.45) is 0 Å². The van der Waals surface area contributed by atoms with E-state index in [-0.39, 0.29) is 10.6 Å². The van der Waals surface area contributed by atoms with Gasteiger partial charge >= 0.3 is 0 Å². The number of carbonyl (C=O) groups excluding carboxylic acids is 1. The average molecular weight is 533 g/mol. The number of nitrogens with one attached hydrogen (secondary N) is 1. The van der Waals surface area contributed by atoms with E-state index in [1.165, 1.54) is 36.4 Å². The first-order valence-electron chi connectivity index (χ1n) is 11.0. The lowest BCUT2D eigenvalue weighted by molar-refractivity contribution is -0.119. The van der Waals surface area contributed by atoms with Gasteiger partial charge in [-0.1, -0.05) is 59.1 Å². The summed E-state index contributed by atoms with van der Waals surface area (Å²) in [5.74, 6) is 1.42. The number of carbonyl (C=O) groups is 1. The smallest absolute Gasteiger partial charge is 0.264 e. The standard InChI is InChI=1S/C26H29ClN2O4S2/c1-19-4-8-21(9-5-19)18-34-15-14-28-26(30)17-29(24-16-22(27)10-13-25(24)33-3)35(31,32)23-11-6-20(2)7-12-23/h4-13,16H,14-15,17-18H2,1-3H3,(H,28,30). The highest BCUT2D eigenvalue weighted by Gasteiger charge is 2.29. The molecule has 35 heavy (non-hydrogen) atoms. The number of ether oxygens (including phenoxy) is 1. The number of hydrogen-bond donors (Lipinski definition) is 1. The maximum absolute atomic E-state index is 13.6. The van der Waals surface area contributed by atoms with Crippen molar-refractivity contribution in [1.29, 1.82) is 0 Å². The SMILES string of the molecule is COc1ccc(Cl)cc1N(CC(=O)NCCSCc1ccc(C)cc1)S(=O)(=O)c1ccc(C)cc1. The predicted molar refractivity (Wildman–Crippen MR) is 144 cm³/mol. The summed E-state index contributed by atoms with van der Waals surface area (Å²) >= 11 is 7.87. The number of aryl methyl sites for hydroxylation is 2. The van der Waals surface area contributed by atoms with E-state index in [1.807, 2.05) is 13.8 Å². The number of anilines is 1. The molecule has 0 radical (unpaired) electrons. The highest BCUT2D eigenvalue weighted by atomic mass is 35.5. The second kappa shape index (κ2) is 12.3. The normalized spacial score (nSPS) is 11.2. The number of thioether (sulfide) groups is 1. The molecule has 0 fully saturated rings. The summed E-state index contributed by atoms with van der Waals surface area (Å²) in [6, 6.07) is 19.5. The Hall–Kier alpha value is -2.68. The molecule has 0 heterocycles. The van der Waals surface area contributed by atoms with Gasteiger partial charge in [-0.05, 0) is 49.7 Å². The van der Waals surface area contributed by atoms with Gasteiger partial charge in [0.1, 0.15) is 12.3 Å². The Morgan fingerprint density at radius 3 is 2.26 bits per heavy atom. The number of hydrogen-bond acceptors (Lipinski definition) is 5. The van der Waals surface area contributed by atoms with E-state index in [0.29, 0.717) is 23.1 Å². The molecule has 6 nitrogen and oxygen atoms in total. The first-order chi connectivity index (χ1) is 16.7. The van der Waals surface area contributed by atoms with Gasteiger partial charge in [-0.15, -0.1) is 0 Å². The predicted octanol–water partition coefficient (Wildman–Crippen LogP) is 5.21. The zero-order valence-corrected chi connectivity index (χ0v) is 22.3. The third-order valence-corrected chi connectivity index (χ3v) is 8.30. The Kier molecular flexibility index (Phi) is 9.48. The second-order valence-electron chi connectivity index (χ2n) is 8.03. The zero-order chi connectivity index (χ0) is 25.4. The van der Waals surface area contributed by atoms with E-state index < -0.39 is 22.5 Å². The summed E-state index contributed by atoms with van der Waals surface area (Å²) in [7, 11) is -2.62. The number of benzene rings is 3. The highest BCUT2D eigenvalue weighted by molar-refractivity contribution is 7.98. The van der Waals surface area contributed by atoms with Crippen LogP contribution in [0.2, 0.25) is 5.02 Å². The summed E-state index contributed by atoms with van der Waals surface area (Å²) in [6.07, 6.45) is 0. The van der Waals surface area contributed by atoms with Gasteiger partial charge in [0.15, 0.2) is 0 Å². The van der Waals surface area contributed by atoms with Crippen molar-refractivity contribution < 1.29 is 17.9 Å². The van der Waals surface area contributed by atoms with Crippen molar-refractivity contribution in [2.75, 3.05) is 30.3 Å². The van der Waals surface area contributed by atoms with Crippen LogP contribution < -0.4 is 14.4 Å². The summed E-state index contributed by atoms with van der Waals surface area (Å²) in [4.78, 5) is 12.9. The average Bonchev–Trinajstić information content (AvgIpc) is 2.83. The van der Waals surface area contributed by atoms with Crippen LogP contribution in [0.15, 0.2) is 71.6 Å². The molecule has 0 aliphatic heterocycles. The molecule has 0 aliphatic rings. The molecule has 3 rings (SSSR count). The molecule has 1 N–H and O–H groups in total. The molecule has 186 valence electrons. The number of nitrogens with zero attached hydrogens (tertiary/aromatic N) is 1. The van der Waals surface area contributed by atoms with E-state index >= 15 is 0 Å². The minimum atomic E-state index is -4.06. The molecule has 0 saturated heterocycles. The zero-order valence-electron chi connectivity index (χ0n) is 20.0. The molecular formula is C26H29ClN2O4S2. The fraction of sp³-hybridized carbons (Fsp3) is 0.269. The van der Waals surface area contributed by atoms with Crippen molar-refractivity contribution in [3.8, 4) is 5.75 Å². The number of methoxy groups -OCH3 is 1. The van der Waals surface area contributed by atoms with E-state index in [2.05, 4.69) is 29.6 Å². The Morgan fingerprint density at radius 1 is 1.00 bits per heavy atom. The summed E-state index contributed by atoms with van der Waals surface area (Å²) < 4.78 is 33.5. The van der Waals surface area contributed by atoms with Crippen molar-refractivity contribution in [2.45, 2.75) is 24.5 Å². The lowest BCUT2D eigenvalue weighted by atomic mass is 10.2. The van der Waals surface area contributed by atoms with Gasteiger partial charge in [0.2, 0.25) is 5.91 Å². The van der Waals surface area contributed by atoms with Gasteiger partial charge in [-0.3, -0.25) is 9.10 Å². The monoisotopic (exact) mass is 532 g/mol. The molecule has 0 atom stereocenters. The van der Waals surface area contributed by atoms with Gasteiger partial charge in [0.05, 0.1) is 17.7 Å². The molecule has 1 amide bonds. The van der Waals surface area contributed by atoms with E-state index in [0.717, 1.165) is 15.6 Å². The summed E-state index contributed by atoms with van der Waals surface area (Å²) in [5.41, 5.74) is 3.56. The Morgan fingerprint density at radius 2 is 1.63 bits per heavy atom. The minimum absolute atomic E-state index is 0.0755. The number of amides is 1. The summed E-state index contributed by atoms with van der Waals surface area (Å²) in [5, 5.41) is 3.15. The molecular weight excluding hydrogens is 504 g/mol. The second-order valence-corrected chi connectivity index (χ2v) is 11.4. The minimum Gasteiger partial charge on any atom is -0.495 e. The van der Waals surface area contributed by atoms with Crippen molar-refractivity contribution in [3.05, 3.63) is 88.4 Å².